The Morgan fingerprint density at radius 3 is 2.81 bits per heavy atom. The van der Waals surface area contributed by atoms with E-state index in [4.69, 9.17) is 4.74 Å². The first-order valence-electron chi connectivity index (χ1n) is 7.40. The van der Waals surface area contributed by atoms with Crippen LogP contribution in [0.25, 0.3) is 0 Å². The highest BCUT2D eigenvalue weighted by Crippen LogP contribution is 2.23. The van der Waals surface area contributed by atoms with Crippen molar-refractivity contribution in [1.29, 1.82) is 0 Å². The van der Waals surface area contributed by atoms with Crippen LogP contribution >= 0.6 is 0 Å². The van der Waals surface area contributed by atoms with Gasteiger partial charge in [0.1, 0.15) is 12.4 Å². The van der Waals surface area contributed by atoms with Gasteiger partial charge in [0.2, 0.25) is 0 Å². The molecule has 0 spiro atoms. The summed E-state index contributed by atoms with van der Waals surface area (Å²) in [6.07, 6.45) is 1.96. The molecule has 0 aliphatic heterocycles. The van der Waals surface area contributed by atoms with E-state index < -0.39 is 0 Å². The molecule has 0 fully saturated rings. The molecule has 0 unspecified atom stereocenters. The van der Waals surface area contributed by atoms with Crippen molar-refractivity contribution < 1.29 is 4.74 Å². The summed E-state index contributed by atoms with van der Waals surface area (Å²) in [4.78, 5) is 0. The van der Waals surface area contributed by atoms with Crippen molar-refractivity contribution in [2.45, 2.75) is 40.8 Å². The number of aryl methyl sites for hydroxylation is 2. The lowest BCUT2D eigenvalue weighted by molar-refractivity contribution is 0.287. The van der Waals surface area contributed by atoms with Gasteiger partial charge in [0.25, 0.3) is 0 Å². The molecule has 0 bridgehead atoms. The van der Waals surface area contributed by atoms with Crippen molar-refractivity contribution in [3.05, 3.63) is 40.7 Å². The summed E-state index contributed by atoms with van der Waals surface area (Å²) < 4.78 is 7.71. The zero-order chi connectivity index (χ0) is 15.2. The number of rotatable bonds is 7. The molecule has 2 aromatic rings. The summed E-state index contributed by atoms with van der Waals surface area (Å²) in [6.45, 7) is 11.3. The van der Waals surface area contributed by atoms with Crippen molar-refractivity contribution >= 4 is 0 Å². The summed E-state index contributed by atoms with van der Waals surface area (Å²) in [5.74, 6) is 0.959. The van der Waals surface area contributed by atoms with E-state index in [0.717, 1.165) is 24.5 Å². The van der Waals surface area contributed by atoms with Crippen LogP contribution < -0.4 is 10.1 Å². The standard InChI is InChI=1S/C16H24N4O/c1-5-17-10-15-11-20(19-18-15)6-7-21-16-9-12(2)8-13(3)14(16)4/h8-9,11,17H,5-7,10H2,1-4H3. The molecule has 0 amide bonds. The van der Waals surface area contributed by atoms with Crippen LogP contribution in [0.1, 0.15) is 29.3 Å². The molecular weight excluding hydrogens is 264 g/mol. The highest BCUT2D eigenvalue weighted by Gasteiger charge is 2.05. The number of nitrogens with one attached hydrogen (secondary N) is 1. The van der Waals surface area contributed by atoms with Gasteiger partial charge in [-0.25, -0.2) is 4.68 Å². The third kappa shape index (κ3) is 4.29. The van der Waals surface area contributed by atoms with E-state index in [1.54, 1.807) is 0 Å². The molecule has 1 N–H and O–H groups in total. The largest absolute Gasteiger partial charge is 0.491 e. The van der Waals surface area contributed by atoms with Gasteiger partial charge in [0.05, 0.1) is 12.2 Å². The van der Waals surface area contributed by atoms with Crippen LogP contribution in [0.15, 0.2) is 18.3 Å². The van der Waals surface area contributed by atoms with Crippen molar-refractivity contribution in [2.24, 2.45) is 0 Å². The molecule has 0 atom stereocenters. The smallest absolute Gasteiger partial charge is 0.122 e. The van der Waals surface area contributed by atoms with Crippen molar-refractivity contribution in [3.63, 3.8) is 0 Å². The molecule has 1 heterocycles. The van der Waals surface area contributed by atoms with E-state index in [-0.39, 0.29) is 0 Å². The van der Waals surface area contributed by atoms with Gasteiger partial charge in [-0.3, -0.25) is 0 Å². The summed E-state index contributed by atoms with van der Waals surface area (Å²) in [6, 6.07) is 4.26. The summed E-state index contributed by atoms with van der Waals surface area (Å²) >= 11 is 0. The van der Waals surface area contributed by atoms with E-state index >= 15 is 0 Å². The second-order valence-electron chi connectivity index (χ2n) is 5.31. The first-order valence-corrected chi connectivity index (χ1v) is 7.40. The third-order valence-corrected chi connectivity index (χ3v) is 3.48. The molecule has 21 heavy (non-hydrogen) atoms. The van der Waals surface area contributed by atoms with E-state index in [1.165, 1.54) is 16.7 Å². The van der Waals surface area contributed by atoms with E-state index in [9.17, 15) is 0 Å². The average molecular weight is 288 g/mol. The molecule has 0 aliphatic rings. The van der Waals surface area contributed by atoms with E-state index in [0.29, 0.717) is 13.2 Å². The lowest BCUT2D eigenvalue weighted by Gasteiger charge is -2.12. The Morgan fingerprint density at radius 1 is 1.24 bits per heavy atom. The topological polar surface area (TPSA) is 52.0 Å². The van der Waals surface area contributed by atoms with Crippen molar-refractivity contribution in [3.8, 4) is 5.75 Å². The molecule has 0 saturated heterocycles. The number of benzene rings is 1. The molecule has 5 nitrogen and oxygen atoms in total. The van der Waals surface area contributed by atoms with Crippen LogP contribution in [-0.4, -0.2) is 28.1 Å². The second kappa shape index (κ2) is 7.22. The van der Waals surface area contributed by atoms with Crippen molar-refractivity contribution in [2.75, 3.05) is 13.2 Å². The number of hydrogen-bond donors (Lipinski definition) is 1. The van der Waals surface area contributed by atoms with Crippen LogP contribution in [0.5, 0.6) is 5.75 Å². The fraction of sp³-hybridized carbons (Fsp3) is 0.500. The monoisotopic (exact) mass is 288 g/mol. The van der Waals surface area contributed by atoms with Gasteiger partial charge < -0.3 is 10.1 Å². The van der Waals surface area contributed by atoms with E-state index in [1.807, 2.05) is 10.9 Å². The Balaban J connectivity index is 1.88. The molecule has 1 aromatic heterocycles. The third-order valence-electron chi connectivity index (χ3n) is 3.48. The maximum Gasteiger partial charge on any atom is 0.122 e. The first kappa shape index (κ1) is 15.5. The lowest BCUT2D eigenvalue weighted by Crippen LogP contribution is -2.12. The van der Waals surface area contributed by atoms with Gasteiger partial charge >= 0.3 is 0 Å². The first-order chi connectivity index (χ1) is 10.1. The Bertz CT molecular complexity index is 592. The number of ether oxygens (including phenoxy) is 1. The molecule has 1 aromatic carbocycles. The van der Waals surface area contributed by atoms with Gasteiger partial charge in [0.15, 0.2) is 0 Å². The lowest BCUT2D eigenvalue weighted by atomic mass is 10.1. The van der Waals surface area contributed by atoms with Gasteiger partial charge in [0, 0.05) is 12.7 Å². The average Bonchev–Trinajstić information content (AvgIpc) is 2.89. The zero-order valence-corrected chi connectivity index (χ0v) is 13.3. The molecule has 0 radical (unpaired) electrons. The van der Waals surface area contributed by atoms with E-state index in [2.05, 4.69) is 55.5 Å². The molecule has 5 heteroatoms. The fourth-order valence-corrected chi connectivity index (χ4v) is 2.18. The zero-order valence-electron chi connectivity index (χ0n) is 13.3. The van der Waals surface area contributed by atoms with Gasteiger partial charge in [-0.1, -0.05) is 18.2 Å². The number of hydrogen-bond acceptors (Lipinski definition) is 4. The summed E-state index contributed by atoms with van der Waals surface area (Å²) in [5.41, 5.74) is 4.65. The SMILES string of the molecule is CCNCc1cn(CCOc2cc(C)cc(C)c2C)nn1. The highest BCUT2D eigenvalue weighted by molar-refractivity contribution is 5.41. The minimum Gasteiger partial charge on any atom is -0.491 e. The van der Waals surface area contributed by atoms with Gasteiger partial charge in [-0.15, -0.1) is 5.10 Å². The van der Waals surface area contributed by atoms with Gasteiger partial charge in [-0.05, 0) is 50.1 Å². The Hall–Kier alpha value is -1.88. The predicted octanol–water partition coefficient (Wildman–Crippen LogP) is 2.39. The summed E-state index contributed by atoms with van der Waals surface area (Å²) in [7, 11) is 0. The molecular formula is C16H24N4O. The second-order valence-corrected chi connectivity index (χ2v) is 5.31. The molecule has 114 valence electrons. The maximum absolute atomic E-state index is 5.89. The Kier molecular flexibility index (Phi) is 5.33. The van der Waals surface area contributed by atoms with Crippen LogP contribution in [-0.2, 0) is 13.1 Å². The Morgan fingerprint density at radius 2 is 2.05 bits per heavy atom. The maximum atomic E-state index is 5.89. The fourth-order valence-electron chi connectivity index (χ4n) is 2.18. The van der Waals surface area contributed by atoms with Crippen LogP contribution in [0.2, 0.25) is 0 Å². The van der Waals surface area contributed by atoms with Crippen LogP contribution in [0.4, 0.5) is 0 Å². The minimum atomic E-state index is 0.591. The molecule has 2 rings (SSSR count). The molecule has 0 saturated carbocycles. The molecule has 0 aliphatic carbocycles. The van der Waals surface area contributed by atoms with Crippen LogP contribution in [0.3, 0.4) is 0 Å². The predicted molar refractivity (Wildman–Crippen MR) is 83.6 cm³/mol. The van der Waals surface area contributed by atoms with Gasteiger partial charge in [-0.2, -0.15) is 0 Å². The number of aromatic nitrogens is 3. The Labute approximate surface area is 126 Å². The highest BCUT2D eigenvalue weighted by atomic mass is 16.5. The minimum absolute atomic E-state index is 0.591. The quantitative estimate of drug-likeness (QED) is 0.850. The normalized spacial score (nSPS) is 10.9. The number of nitrogens with zero attached hydrogens (tertiary/aromatic N) is 3. The van der Waals surface area contributed by atoms with Crippen LogP contribution in [0, 0.1) is 20.8 Å². The summed E-state index contributed by atoms with van der Waals surface area (Å²) in [5, 5.41) is 11.5. The van der Waals surface area contributed by atoms with Crippen molar-refractivity contribution in [1.82, 2.24) is 20.3 Å².